The monoisotopic (exact) mass is 455 g/mol. The van der Waals surface area contributed by atoms with Crippen LogP contribution < -0.4 is 10.2 Å². The Balaban J connectivity index is 1.56. The Labute approximate surface area is 192 Å². The first kappa shape index (κ1) is 21.6. The molecule has 0 radical (unpaired) electrons. The maximum Gasteiger partial charge on any atom is 0.251 e. The molecule has 0 spiro atoms. The van der Waals surface area contributed by atoms with Crippen molar-refractivity contribution in [3.63, 3.8) is 0 Å². The molecule has 0 saturated heterocycles. The number of halogens is 2. The van der Waals surface area contributed by atoms with Crippen LogP contribution in [0, 0.1) is 0 Å². The number of pyridine rings is 1. The molecule has 0 saturated carbocycles. The van der Waals surface area contributed by atoms with E-state index in [1.807, 2.05) is 36.4 Å². The molecule has 1 aliphatic heterocycles. The van der Waals surface area contributed by atoms with Crippen LogP contribution in [-0.4, -0.2) is 37.7 Å². The number of carbonyl (C=O) groups is 1. The number of fused-ring (bicyclic) bond motifs is 1. The Morgan fingerprint density at radius 1 is 1.16 bits per heavy atom. The van der Waals surface area contributed by atoms with E-state index in [-0.39, 0.29) is 5.91 Å². The van der Waals surface area contributed by atoms with Crippen molar-refractivity contribution in [1.29, 1.82) is 0 Å². The predicted molar refractivity (Wildman–Crippen MR) is 125 cm³/mol. The molecule has 3 aromatic rings. The molecule has 1 aromatic heterocycles. The molecule has 31 heavy (non-hydrogen) atoms. The van der Waals surface area contributed by atoms with Gasteiger partial charge < -0.3 is 15.0 Å². The summed E-state index contributed by atoms with van der Waals surface area (Å²) < 4.78 is 4.99. The van der Waals surface area contributed by atoms with Crippen LogP contribution >= 0.6 is 23.2 Å². The smallest absolute Gasteiger partial charge is 0.251 e. The van der Waals surface area contributed by atoms with Crippen LogP contribution in [-0.2, 0) is 17.7 Å². The number of hydrogen-bond acceptors (Lipinski definition) is 4. The number of anilines is 1. The highest BCUT2D eigenvalue weighted by Gasteiger charge is 2.22. The van der Waals surface area contributed by atoms with Crippen molar-refractivity contribution in [3.05, 3.63) is 81.3 Å². The summed E-state index contributed by atoms with van der Waals surface area (Å²) >= 11 is 12.4. The summed E-state index contributed by atoms with van der Waals surface area (Å²) in [5.41, 5.74) is 4.56. The zero-order valence-electron chi connectivity index (χ0n) is 17.2. The highest BCUT2D eigenvalue weighted by molar-refractivity contribution is 6.35. The van der Waals surface area contributed by atoms with Crippen LogP contribution in [0.1, 0.15) is 21.5 Å². The number of rotatable bonds is 7. The van der Waals surface area contributed by atoms with Gasteiger partial charge in [0.2, 0.25) is 0 Å². The van der Waals surface area contributed by atoms with E-state index in [1.54, 1.807) is 19.2 Å². The van der Waals surface area contributed by atoms with Crippen LogP contribution in [0.4, 0.5) is 5.82 Å². The van der Waals surface area contributed by atoms with E-state index in [0.717, 1.165) is 35.6 Å². The highest BCUT2D eigenvalue weighted by Crippen LogP contribution is 2.32. The number of nitrogens with one attached hydrogen (secondary N) is 1. The van der Waals surface area contributed by atoms with Gasteiger partial charge in [-0.25, -0.2) is 4.98 Å². The van der Waals surface area contributed by atoms with E-state index < -0.39 is 0 Å². The fourth-order valence-corrected chi connectivity index (χ4v) is 4.13. The van der Waals surface area contributed by atoms with Gasteiger partial charge in [-0.2, -0.15) is 0 Å². The molecule has 1 aliphatic rings. The van der Waals surface area contributed by atoms with Crippen LogP contribution in [0.5, 0.6) is 0 Å². The van der Waals surface area contributed by atoms with Crippen LogP contribution in [0.3, 0.4) is 0 Å². The van der Waals surface area contributed by atoms with Gasteiger partial charge in [0.25, 0.3) is 5.91 Å². The van der Waals surface area contributed by atoms with Gasteiger partial charge in [0.15, 0.2) is 0 Å². The molecule has 4 rings (SSSR count). The molecule has 0 bridgehead atoms. The Kier molecular flexibility index (Phi) is 6.76. The fraction of sp³-hybridized carbons (Fsp3) is 0.250. The third kappa shape index (κ3) is 5.01. The first-order valence-corrected chi connectivity index (χ1v) is 10.9. The number of ether oxygens (including phenoxy) is 1. The number of nitrogens with zero attached hydrogens (tertiary/aromatic N) is 2. The van der Waals surface area contributed by atoms with Crippen LogP contribution in [0.2, 0.25) is 10.0 Å². The summed E-state index contributed by atoms with van der Waals surface area (Å²) in [6.07, 6.45) is 0.940. The third-order valence-electron chi connectivity index (χ3n) is 5.30. The second-order valence-corrected chi connectivity index (χ2v) is 8.26. The number of hydrogen-bond donors (Lipinski definition) is 1. The molecule has 0 atom stereocenters. The Morgan fingerprint density at radius 3 is 2.84 bits per heavy atom. The first-order chi connectivity index (χ1) is 15.0. The third-order valence-corrected chi connectivity index (χ3v) is 5.88. The second-order valence-electron chi connectivity index (χ2n) is 7.42. The van der Waals surface area contributed by atoms with E-state index in [4.69, 9.17) is 32.9 Å². The minimum Gasteiger partial charge on any atom is -0.383 e. The molecule has 7 heteroatoms. The summed E-state index contributed by atoms with van der Waals surface area (Å²) in [5, 5.41) is 4.13. The number of benzene rings is 2. The lowest BCUT2D eigenvalue weighted by molar-refractivity contribution is 0.0937. The molecule has 2 heterocycles. The number of aromatic nitrogens is 1. The van der Waals surface area contributed by atoms with E-state index in [9.17, 15) is 4.79 Å². The van der Waals surface area contributed by atoms with Crippen molar-refractivity contribution in [1.82, 2.24) is 10.3 Å². The molecule has 0 aliphatic carbocycles. The Bertz CT molecular complexity index is 1100. The number of amides is 1. The van der Waals surface area contributed by atoms with Gasteiger partial charge in [0.1, 0.15) is 5.82 Å². The average Bonchev–Trinajstić information content (AvgIpc) is 3.18. The van der Waals surface area contributed by atoms with E-state index >= 15 is 0 Å². The number of carbonyl (C=O) groups excluding carboxylic acids is 1. The zero-order valence-corrected chi connectivity index (χ0v) is 18.7. The van der Waals surface area contributed by atoms with Gasteiger partial charge >= 0.3 is 0 Å². The summed E-state index contributed by atoms with van der Waals surface area (Å²) in [6.45, 7) is 2.50. The largest absolute Gasteiger partial charge is 0.383 e. The molecule has 1 N–H and O–H groups in total. The maximum atomic E-state index is 12.4. The minimum atomic E-state index is -0.126. The molecular formula is C24H23Cl2N3O2. The van der Waals surface area contributed by atoms with Crippen molar-refractivity contribution in [3.8, 4) is 11.3 Å². The lowest BCUT2D eigenvalue weighted by Gasteiger charge is -2.20. The molecule has 5 nitrogen and oxygen atoms in total. The SMILES string of the molecule is COCCNC(=O)c1cccc(-c2ccc3c(n2)N(Cc2ccc(Cl)cc2Cl)CC3)c1. The van der Waals surface area contributed by atoms with Gasteiger partial charge in [-0.1, -0.05) is 47.5 Å². The predicted octanol–water partition coefficient (Wildman–Crippen LogP) is 4.99. The Hall–Kier alpha value is -2.60. The van der Waals surface area contributed by atoms with Crippen molar-refractivity contribution < 1.29 is 9.53 Å². The molecule has 1 amide bonds. The van der Waals surface area contributed by atoms with Gasteiger partial charge in [-0.3, -0.25) is 4.79 Å². The topological polar surface area (TPSA) is 54.5 Å². The minimum absolute atomic E-state index is 0.126. The van der Waals surface area contributed by atoms with Crippen molar-refractivity contribution >= 4 is 34.9 Å². The lowest BCUT2D eigenvalue weighted by atomic mass is 10.1. The van der Waals surface area contributed by atoms with Crippen molar-refractivity contribution in [2.24, 2.45) is 0 Å². The van der Waals surface area contributed by atoms with Crippen LogP contribution in [0.25, 0.3) is 11.3 Å². The quantitative estimate of drug-likeness (QED) is 0.509. The highest BCUT2D eigenvalue weighted by atomic mass is 35.5. The maximum absolute atomic E-state index is 12.4. The standard InChI is InChI=1S/C24H23Cl2N3O2/c1-31-12-10-27-24(30)18-4-2-3-17(13-18)22-8-6-16-9-11-29(23(16)28-22)15-19-5-7-20(25)14-21(19)26/h2-8,13-14H,9-12,15H2,1H3,(H,27,30). The molecule has 2 aromatic carbocycles. The first-order valence-electron chi connectivity index (χ1n) is 10.1. The average molecular weight is 456 g/mol. The normalized spacial score (nSPS) is 12.7. The molecular weight excluding hydrogens is 433 g/mol. The fourth-order valence-electron chi connectivity index (χ4n) is 3.67. The van der Waals surface area contributed by atoms with E-state index in [1.165, 1.54) is 5.56 Å². The van der Waals surface area contributed by atoms with E-state index in [2.05, 4.69) is 16.3 Å². The summed E-state index contributed by atoms with van der Waals surface area (Å²) in [6, 6.07) is 17.2. The van der Waals surface area contributed by atoms with Gasteiger partial charge in [-0.05, 0) is 47.9 Å². The lowest BCUT2D eigenvalue weighted by Crippen LogP contribution is -2.26. The van der Waals surface area contributed by atoms with Gasteiger partial charge in [0, 0.05) is 47.9 Å². The molecule has 0 fully saturated rings. The van der Waals surface area contributed by atoms with Crippen LogP contribution in [0.15, 0.2) is 54.6 Å². The summed E-state index contributed by atoms with van der Waals surface area (Å²) in [7, 11) is 1.61. The zero-order chi connectivity index (χ0) is 21.8. The summed E-state index contributed by atoms with van der Waals surface area (Å²) in [4.78, 5) is 19.5. The Morgan fingerprint density at radius 2 is 2.03 bits per heavy atom. The summed E-state index contributed by atoms with van der Waals surface area (Å²) in [5.74, 6) is 0.831. The van der Waals surface area contributed by atoms with Gasteiger partial charge in [-0.15, -0.1) is 0 Å². The van der Waals surface area contributed by atoms with Crippen molar-refractivity contribution in [2.45, 2.75) is 13.0 Å². The van der Waals surface area contributed by atoms with Crippen molar-refractivity contribution in [2.75, 3.05) is 31.7 Å². The molecule has 0 unspecified atom stereocenters. The van der Waals surface area contributed by atoms with E-state index in [0.29, 0.717) is 35.3 Å². The second kappa shape index (κ2) is 9.69. The number of methoxy groups -OCH3 is 1. The molecule has 160 valence electrons. The van der Waals surface area contributed by atoms with Gasteiger partial charge in [0.05, 0.1) is 12.3 Å².